The van der Waals surface area contributed by atoms with Gasteiger partial charge in [0.15, 0.2) is 0 Å². The zero-order valence-electron chi connectivity index (χ0n) is 13.9. The van der Waals surface area contributed by atoms with Crippen LogP contribution in [0.5, 0.6) is 0 Å². The number of nitrogens with one attached hydrogen (secondary N) is 1. The number of amides is 1. The molecule has 1 aromatic carbocycles. The first-order valence-corrected chi connectivity index (χ1v) is 7.99. The molecule has 1 saturated carbocycles. The summed E-state index contributed by atoms with van der Waals surface area (Å²) in [5.74, 6) is -0.0535. The van der Waals surface area contributed by atoms with Crippen LogP contribution in [0.4, 0.5) is 4.39 Å². The van der Waals surface area contributed by atoms with Gasteiger partial charge in [-0.3, -0.25) is 4.79 Å². The Balaban J connectivity index is 1.69. The van der Waals surface area contributed by atoms with E-state index in [1.165, 1.54) is 12.1 Å². The largest absolute Gasteiger partial charge is 0.348 e. The van der Waals surface area contributed by atoms with E-state index in [2.05, 4.69) is 29.4 Å². The normalized spacial score (nSPS) is 29.1. The molecule has 1 fully saturated rings. The van der Waals surface area contributed by atoms with Gasteiger partial charge in [0.25, 0.3) is 0 Å². The first kappa shape index (κ1) is 15.8. The average Bonchev–Trinajstić information content (AvgIpc) is 2.83. The molecule has 3 rings (SSSR count). The van der Waals surface area contributed by atoms with Crippen molar-refractivity contribution in [2.75, 3.05) is 0 Å². The van der Waals surface area contributed by atoms with Crippen molar-refractivity contribution in [3.63, 3.8) is 0 Å². The molecule has 122 valence electrons. The van der Waals surface area contributed by atoms with E-state index in [1.54, 1.807) is 18.3 Å². The summed E-state index contributed by atoms with van der Waals surface area (Å²) in [6, 6.07) is 6.32. The van der Waals surface area contributed by atoms with Gasteiger partial charge in [-0.2, -0.15) is 10.2 Å². The molecule has 4 nitrogen and oxygen atoms in total. The highest BCUT2D eigenvalue weighted by Gasteiger charge is 2.62. The van der Waals surface area contributed by atoms with Crippen LogP contribution >= 0.6 is 0 Å². The van der Waals surface area contributed by atoms with Gasteiger partial charge in [-0.15, -0.1) is 0 Å². The average molecular weight is 315 g/mol. The molecular weight excluding hydrogens is 293 g/mol. The van der Waals surface area contributed by atoms with E-state index in [0.29, 0.717) is 0 Å². The summed E-state index contributed by atoms with van der Waals surface area (Å²) in [7, 11) is 0. The molecule has 1 aromatic rings. The Bertz CT molecular complexity index is 678. The molecule has 1 amide bonds. The van der Waals surface area contributed by atoms with E-state index in [0.717, 1.165) is 11.3 Å². The predicted molar refractivity (Wildman–Crippen MR) is 89.1 cm³/mol. The molecule has 23 heavy (non-hydrogen) atoms. The van der Waals surface area contributed by atoms with E-state index in [-0.39, 0.29) is 40.9 Å². The highest BCUT2D eigenvalue weighted by atomic mass is 19.1. The Labute approximate surface area is 135 Å². The van der Waals surface area contributed by atoms with Gasteiger partial charge < -0.3 is 5.32 Å². The van der Waals surface area contributed by atoms with Gasteiger partial charge in [0.05, 0.1) is 17.7 Å². The van der Waals surface area contributed by atoms with Gasteiger partial charge in [-0.05, 0) is 30.0 Å². The van der Waals surface area contributed by atoms with Crippen molar-refractivity contribution < 1.29 is 9.18 Å². The van der Waals surface area contributed by atoms with Crippen LogP contribution in [-0.4, -0.2) is 23.9 Å². The summed E-state index contributed by atoms with van der Waals surface area (Å²) in [4.78, 5) is 12.7. The van der Waals surface area contributed by atoms with Crippen LogP contribution in [-0.2, 0) is 4.79 Å². The Morgan fingerprint density at radius 2 is 1.96 bits per heavy atom. The minimum absolute atomic E-state index is 0.0265. The van der Waals surface area contributed by atoms with E-state index in [9.17, 15) is 9.18 Å². The lowest BCUT2D eigenvalue weighted by Crippen LogP contribution is -2.41. The molecule has 0 bridgehead atoms. The van der Waals surface area contributed by atoms with Crippen molar-refractivity contribution in [1.29, 1.82) is 0 Å². The third-order valence-corrected chi connectivity index (χ3v) is 5.07. The van der Waals surface area contributed by atoms with Crippen LogP contribution in [0.1, 0.15) is 39.2 Å². The lowest BCUT2D eigenvalue weighted by atomic mass is 10.0. The van der Waals surface area contributed by atoms with Crippen molar-refractivity contribution >= 4 is 17.8 Å². The van der Waals surface area contributed by atoms with Crippen molar-refractivity contribution in [1.82, 2.24) is 5.32 Å². The van der Waals surface area contributed by atoms with Crippen LogP contribution in [0, 0.1) is 23.1 Å². The molecule has 2 aliphatic rings. The Hall–Kier alpha value is -2.04. The van der Waals surface area contributed by atoms with Gasteiger partial charge in [-0.1, -0.05) is 32.9 Å². The molecule has 1 aliphatic heterocycles. The van der Waals surface area contributed by atoms with Crippen LogP contribution in [0.2, 0.25) is 0 Å². The van der Waals surface area contributed by atoms with Crippen molar-refractivity contribution in [3.8, 4) is 0 Å². The summed E-state index contributed by atoms with van der Waals surface area (Å²) < 4.78 is 13.1. The number of nitrogens with zero attached hydrogens (tertiary/aromatic N) is 2. The third kappa shape index (κ3) is 2.80. The minimum Gasteiger partial charge on any atom is -0.348 e. The molecule has 5 heteroatoms. The highest BCUT2D eigenvalue weighted by molar-refractivity contribution is 6.05. The second-order valence-corrected chi connectivity index (χ2v) is 7.14. The summed E-state index contributed by atoms with van der Waals surface area (Å²) >= 11 is 0. The SMILES string of the molecule is CC1C=NN=C1C(C)NC(=O)C1C(c2ccc(F)cc2)C1(C)C. The molecule has 0 aromatic heterocycles. The van der Waals surface area contributed by atoms with Crippen LogP contribution < -0.4 is 5.32 Å². The minimum atomic E-state index is -0.255. The molecular formula is C18H22FN3O. The number of carbonyl (C=O) groups is 1. The Morgan fingerprint density at radius 1 is 1.30 bits per heavy atom. The number of carbonyl (C=O) groups excluding carboxylic acids is 1. The molecule has 0 saturated heterocycles. The number of benzene rings is 1. The summed E-state index contributed by atoms with van der Waals surface area (Å²) in [6.45, 7) is 8.11. The van der Waals surface area contributed by atoms with Gasteiger partial charge in [0.2, 0.25) is 5.91 Å². The standard InChI is InChI=1S/C18H22FN3O/c1-10-9-20-22-16(10)11(2)21-17(23)15-14(18(15,3)4)12-5-7-13(19)8-6-12/h5-11,14-15H,1-4H3,(H,21,23). The lowest BCUT2D eigenvalue weighted by molar-refractivity contribution is -0.123. The topological polar surface area (TPSA) is 53.8 Å². The van der Waals surface area contributed by atoms with Crippen molar-refractivity contribution in [2.24, 2.45) is 27.5 Å². The van der Waals surface area contributed by atoms with Crippen LogP contribution in [0.3, 0.4) is 0 Å². The molecule has 1 N–H and O–H groups in total. The first-order valence-electron chi connectivity index (χ1n) is 7.99. The maximum absolute atomic E-state index is 13.1. The molecule has 0 spiro atoms. The monoisotopic (exact) mass is 315 g/mol. The fourth-order valence-electron chi connectivity index (χ4n) is 3.64. The summed E-state index contributed by atoms with van der Waals surface area (Å²) in [5, 5.41) is 11.1. The molecule has 1 heterocycles. The first-order chi connectivity index (χ1) is 10.8. The molecule has 4 unspecified atom stereocenters. The quantitative estimate of drug-likeness (QED) is 0.912. The smallest absolute Gasteiger partial charge is 0.224 e. The zero-order chi connectivity index (χ0) is 16.8. The van der Waals surface area contributed by atoms with E-state index in [1.807, 2.05) is 13.8 Å². The van der Waals surface area contributed by atoms with Gasteiger partial charge in [0, 0.05) is 18.1 Å². The Morgan fingerprint density at radius 3 is 2.52 bits per heavy atom. The van der Waals surface area contributed by atoms with E-state index in [4.69, 9.17) is 0 Å². The van der Waals surface area contributed by atoms with Crippen LogP contribution in [0.15, 0.2) is 34.5 Å². The van der Waals surface area contributed by atoms with Crippen molar-refractivity contribution in [3.05, 3.63) is 35.6 Å². The number of hydrogen-bond acceptors (Lipinski definition) is 3. The Kier molecular flexibility index (Phi) is 3.82. The fraction of sp³-hybridized carbons (Fsp3) is 0.500. The fourth-order valence-corrected chi connectivity index (χ4v) is 3.64. The van der Waals surface area contributed by atoms with Crippen molar-refractivity contribution in [2.45, 2.75) is 39.7 Å². The summed E-state index contributed by atoms with van der Waals surface area (Å²) in [5.41, 5.74) is 1.77. The van der Waals surface area contributed by atoms with E-state index >= 15 is 0 Å². The number of rotatable bonds is 4. The third-order valence-electron chi connectivity index (χ3n) is 5.07. The summed E-state index contributed by atoms with van der Waals surface area (Å²) in [6.07, 6.45) is 1.78. The molecule has 1 aliphatic carbocycles. The second-order valence-electron chi connectivity index (χ2n) is 7.14. The highest BCUT2D eigenvalue weighted by Crippen LogP contribution is 2.64. The van der Waals surface area contributed by atoms with Gasteiger partial charge in [-0.25, -0.2) is 4.39 Å². The van der Waals surface area contributed by atoms with Gasteiger partial charge >= 0.3 is 0 Å². The van der Waals surface area contributed by atoms with E-state index < -0.39 is 0 Å². The zero-order valence-corrected chi connectivity index (χ0v) is 13.9. The lowest BCUT2D eigenvalue weighted by Gasteiger charge is -2.16. The maximum Gasteiger partial charge on any atom is 0.224 e. The molecule has 4 atom stereocenters. The molecule has 0 radical (unpaired) electrons. The maximum atomic E-state index is 13.1. The van der Waals surface area contributed by atoms with Gasteiger partial charge in [0.1, 0.15) is 5.82 Å². The second kappa shape index (κ2) is 5.55. The number of hydrogen-bond donors (Lipinski definition) is 1. The van der Waals surface area contributed by atoms with Crippen LogP contribution in [0.25, 0.3) is 0 Å². The predicted octanol–water partition coefficient (Wildman–Crippen LogP) is 3.15. The number of halogens is 1.